The lowest BCUT2D eigenvalue weighted by Crippen LogP contribution is -2.41. The van der Waals surface area contributed by atoms with Crippen molar-refractivity contribution >= 4 is 22.8 Å². The van der Waals surface area contributed by atoms with E-state index in [4.69, 9.17) is 4.74 Å². The van der Waals surface area contributed by atoms with Gasteiger partial charge >= 0.3 is 5.97 Å². The van der Waals surface area contributed by atoms with E-state index in [1.54, 1.807) is 0 Å². The number of para-hydroxylation sites is 1. The van der Waals surface area contributed by atoms with Crippen LogP contribution in [0.4, 0.5) is 0 Å². The highest BCUT2D eigenvalue weighted by atomic mass is 16.5. The minimum Gasteiger partial charge on any atom is -0.466 e. The van der Waals surface area contributed by atoms with Gasteiger partial charge in [-0.25, -0.2) is 0 Å². The largest absolute Gasteiger partial charge is 0.466 e. The molecule has 2 heterocycles. The SMILES string of the molecule is CCOC(=O)C1CCN(C(=O)CC(c2cccc(C)c2)c2cn(CC)c3ccccc23)CC1. The molecule has 0 N–H and O–H groups in total. The topological polar surface area (TPSA) is 51.5 Å². The number of piperidine rings is 1. The standard InChI is InChI=1S/C28H34N2O3/c1-4-29-19-25(23-11-6-7-12-26(23)29)24(22-10-8-9-20(3)17-22)18-27(31)30-15-13-21(14-16-30)28(32)33-5-2/h6-12,17,19,21,24H,4-5,13-16,18H2,1-3H3. The van der Waals surface area contributed by atoms with Gasteiger partial charge in [0.15, 0.2) is 0 Å². The second-order valence-electron chi connectivity index (χ2n) is 8.97. The van der Waals surface area contributed by atoms with E-state index in [-0.39, 0.29) is 23.7 Å². The molecule has 0 bridgehead atoms. The molecule has 33 heavy (non-hydrogen) atoms. The Balaban J connectivity index is 1.60. The van der Waals surface area contributed by atoms with Crippen molar-refractivity contribution in [2.24, 2.45) is 5.92 Å². The Morgan fingerprint density at radius 1 is 1.06 bits per heavy atom. The van der Waals surface area contributed by atoms with Crippen LogP contribution in [-0.4, -0.2) is 41.0 Å². The van der Waals surface area contributed by atoms with Gasteiger partial charge in [-0.2, -0.15) is 0 Å². The van der Waals surface area contributed by atoms with Crippen LogP contribution in [0.15, 0.2) is 54.7 Å². The summed E-state index contributed by atoms with van der Waals surface area (Å²) < 4.78 is 7.44. The van der Waals surface area contributed by atoms with Crippen molar-refractivity contribution in [1.29, 1.82) is 0 Å². The molecule has 1 aliphatic heterocycles. The Labute approximate surface area is 196 Å². The summed E-state index contributed by atoms with van der Waals surface area (Å²) in [7, 11) is 0. The molecule has 3 aromatic rings. The Bertz CT molecular complexity index is 1130. The maximum Gasteiger partial charge on any atom is 0.309 e. The van der Waals surface area contributed by atoms with Gasteiger partial charge in [-0.1, -0.05) is 48.0 Å². The van der Waals surface area contributed by atoms with Gasteiger partial charge in [-0.15, -0.1) is 0 Å². The molecule has 1 unspecified atom stereocenters. The Morgan fingerprint density at radius 2 is 1.82 bits per heavy atom. The van der Waals surface area contributed by atoms with Gasteiger partial charge in [-0.05, 0) is 50.8 Å². The summed E-state index contributed by atoms with van der Waals surface area (Å²) in [5, 5.41) is 1.21. The predicted octanol–water partition coefficient (Wildman–Crippen LogP) is 5.29. The van der Waals surface area contributed by atoms with Gasteiger partial charge in [0.25, 0.3) is 0 Å². The average molecular weight is 447 g/mol. The second-order valence-corrected chi connectivity index (χ2v) is 8.97. The fraction of sp³-hybridized carbons (Fsp3) is 0.429. The van der Waals surface area contributed by atoms with Crippen LogP contribution in [-0.2, 0) is 20.9 Å². The first-order valence-corrected chi connectivity index (χ1v) is 12.1. The predicted molar refractivity (Wildman–Crippen MR) is 131 cm³/mol. The van der Waals surface area contributed by atoms with Crippen LogP contribution in [0.1, 0.15) is 55.7 Å². The first kappa shape index (κ1) is 23.1. The van der Waals surface area contributed by atoms with Crippen molar-refractivity contribution in [1.82, 2.24) is 9.47 Å². The number of hydrogen-bond donors (Lipinski definition) is 0. The van der Waals surface area contributed by atoms with E-state index in [0.717, 1.165) is 6.54 Å². The normalized spacial score (nSPS) is 15.5. The molecule has 0 radical (unpaired) electrons. The zero-order chi connectivity index (χ0) is 23.4. The highest BCUT2D eigenvalue weighted by Gasteiger charge is 2.30. The zero-order valence-corrected chi connectivity index (χ0v) is 19.9. The van der Waals surface area contributed by atoms with Gasteiger partial charge in [0, 0.05) is 49.1 Å². The van der Waals surface area contributed by atoms with Crippen LogP contribution in [0, 0.1) is 12.8 Å². The van der Waals surface area contributed by atoms with Crippen LogP contribution in [0.5, 0.6) is 0 Å². The number of nitrogens with zero attached hydrogens (tertiary/aromatic N) is 2. The summed E-state index contributed by atoms with van der Waals surface area (Å²) in [5.74, 6) is -0.0891. The highest BCUT2D eigenvalue weighted by Crippen LogP contribution is 2.36. The van der Waals surface area contributed by atoms with Crippen molar-refractivity contribution in [2.75, 3.05) is 19.7 Å². The number of amides is 1. The van der Waals surface area contributed by atoms with E-state index in [0.29, 0.717) is 39.0 Å². The number of aryl methyl sites for hydroxylation is 2. The second kappa shape index (κ2) is 10.2. The van der Waals surface area contributed by atoms with Gasteiger partial charge in [-0.3, -0.25) is 9.59 Å². The molecule has 1 atom stereocenters. The molecule has 1 aromatic heterocycles. The van der Waals surface area contributed by atoms with E-state index < -0.39 is 0 Å². The smallest absolute Gasteiger partial charge is 0.309 e. The Kier molecular flexibility index (Phi) is 7.17. The van der Waals surface area contributed by atoms with Crippen LogP contribution < -0.4 is 0 Å². The van der Waals surface area contributed by atoms with Crippen molar-refractivity contribution in [3.63, 3.8) is 0 Å². The summed E-state index contributed by atoms with van der Waals surface area (Å²) >= 11 is 0. The zero-order valence-electron chi connectivity index (χ0n) is 19.9. The monoisotopic (exact) mass is 446 g/mol. The number of aromatic nitrogens is 1. The quantitative estimate of drug-likeness (QED) is 0.463. The molecule has 5 nitrogen and oxygen atoms in total. The lowest BCUT2D eigenvalue weighted by Gasteiger charge is -2.32. The van der Waals surface area contributed by atoms with E-state index in [2.05, 4.69) is 73.1 Å². The van der Waals surface area contributed by atoms with Gasteiger partial charge in [0.1, 0.15) is 0 Å². The Hall–Kier alpha value is -3.08. The minimum absolute atomic E-state index is 0.0159. The van der Waals surface area contributed by atoms with Crippen molar-refractivity contribution in [3.8, 4) is 0 Å². The highest BCUT2D eigenvalue weighted by molar-refractivity contribution is 5.87. The third-order valence-electron chi connectivity index (χ3n) is 6.83. The van der Waals surface area contributed by atoms with E-state index in [1.807, 2.05) is 11.8 Å². The van der Waals surface area contributed by atoms with Gasteiger partial charge in [0.2, 0.25) is 5.91 Å². The third kappa shape index (κ3) is 4.97. The molecule has 1 amide bonds. The summed E-state index contributed by atoms with van der Waals surface area (Å²) in [6, 6.07) is 17.0. The van der Waals surface area contributed by atoms with Crippen LogP contribution in [0.2, 0.25) is 0 Å². The van der Waals surface area contributed by atoms with E-state index in [1.165, 1.54) is 27.6 Å². The number of ether oxygens (including phenoxy) is 1. The van der Waals surface area contributed by atoms with Crippen molar-refractivity contribution in [3.05, 3.63) is 71.4 Å². The average Bonchev–Trinajstić information content (AvgIpc) is 3.21. The summed E-state index contributed by atoms with van der Waals surface area (Å²) in [4.78, 5) is 27.5. The van der Waals surface area contributed by atoms with Crippen LogP contribution in [0.25, 0.3) is 10.9 Å². The molecule has 174 valence electrons. The van der Waals surface area contributed by atoms with E-state index >= 15 is 0 Å². The summed E-state index contributed by atoms with van der Waals surface area (Å²) in [5.41, 5.74) is 4.77. The maximum absolute atomic E-state index is 13.5. The number of carbonyl (C=O) groups excluding carboxylic acids is 2. The maximum atomic E-state index is 13.5. The first-order valence-electron chi connectivity index (χ1n) is 12.1. The lowest BCUT2D eigenvalue weighted by atomic mass is 9.86. The molecule has 0 spiro atoms. The first-order chi connectivity index (χ1) is 16.0. The fourth-order valence-corrected chi connectivity index (χ4v) is 5.04. The number of benzene rings is 2. The lowest BCUT2D eigenvalue weighted by molar-refractivity contribution is -0.151. The molecular weight excluding hydrogens is 412 g/mol. The molecule has 0 saturated carbocycles. The number of likely N-dealkylation sites (tertiary alicyclic amines) is 1. The molecule has 2 aromatic carbocycles. The summed E-state index contributed by atoms with van der Waals surface area (Å²) in [6.07, 6.45) is 3.99. The van der Waals surface area contributed by atoms with Crippen molar-refractivity contribution < 1.29 is 14.3 Å². The number of rotatable bonds is 7. The molecule has 5 heteroatoms. The molecule has 4 rings (SSSR count). The number of esters is 1. The molecule has 0 aliphatic carbocycles. The van der Waals surface area contributed by atoms with Gasteiger partial charge < -0.3 is 14.2 Å². The molecule has 1 aliphatic rings. The molecule has 1 fully saturated rings. The van der Waals surface area contributed by atoms with Crippen molar-refractivity contribution in [2.45, 2.75) is 52.5 Å². The fourth-order valence-electron chi connectivity index (χ4n) is 5.04. The number of fused-ring (bicyclic) bond motifs is 1. The Morgan fingerprint density at radius 3 is 2.52 bits per heavy atom. The number of hydrogen-bond acceptors (Lipinski definition) is 3. The van der Waals surface area contributed by atoms with Crippen LogP contribution >= 0.6 is 0 Å². The summed E-state index contributed by atoms with van der Waals surface area (Å²) in [6.45, 7) is 8.59. The number of carbonyl (C=O) groups is 2. The minimum atomic E-state index is -0.130. The van der Waals surface area contributed by atoms with Gasteiger partial charge in [0.05, 0.1) is 12.5 Å². The van der Waals surface area contributed by atoms with Crippen LogP contribution in [0.3, 0.4) is 0 Å². The van der Waals surface area contributed by atoms with E-state index in [9.17, 15) is 9.59 Å². The molecular formula is C28H34N2O3. The molecule has 1 saturated heterocycles. The third-order valence-corrected chi connectivity index (χ3v) is 6.83.